The van der Waals surface area contributed by atoms with E-state index in [0.717, 1.165) is 54.1 Å². The number of aromatic nitrogens is 3. The van der Waals surface area contributed by atoms with E-state index in [1.165, 1.54) is 12.8 Å². The lowest BCUT2D eigenvalue weighted by atomic mass is 10.0. The highest BCUT2D eigenvalue weighted by molar-refractivity contribution is 6.21. The molecule has 1 fully saturated rings. The highest BCUT2D eigenvalue weighted by Crippen LogP contribution is 2.35. The van der Waals surface area contributed by atoms with Crippen LogP contribution in [0.1, 0.15) is 36.9 Å². The lowest BCUT2D eigenvalue weighted by Gasteiger charge is -2.18. The van der Waals surface area contributed by atoms with Gasteiger partial charge in [-0.3, -0.25) is 0 Å². The Labute approximate surface area is 169 Å². The largest absolute Gasteiger partial charge is 0.492 e. The Morgan fingerprint density at radius 2 is 1.79 bits per heavy atom. The van der Waals surface area contributed by atoms with Crippen LogP contribution in [-0.4, -0.2) is 39.4 Å². The Morgan fingerprint density at radius 3 is 2.59 bits per heavy atom. The van der Waals surface area contributed by atoms with Crippen molar-refractivity contribution in [2.24, 2.45) is 4.99 Å². The molecular weight excluding hydrogens is 362 g/mol. The first kappa shape index (κ1) is 17.7. The van der Waals surface area contributed by atoms with E-state index in [4.69, 9.17) is 0 Å². The Hall–Kier alpha value is -3.41. The van der Waals surface area contributed by atoms with E-state index >= 15 is 0 Å². The van der Waals surface area contributed by atoms with Gasteiger partial charge >= 0.3 is 0 Å². The molecule has 3 aromatic rings. The number of fused-ring (bicyclic) bond motifs is 1. The zero-order chi connectivity index (χ0) is 19.6. The minimum absolute atomic E-state index is 0.0192. The van der Waals surface area contributed by atoms with Crippen molar-refractivity contribution in [3.05, 3.63) is 53.9 Å². The number of benzene rings is 1. The van der Waals surface area contributed by atoms with Gasteiger partial charge in [-0.1, -0.05) is 43.2 Å². The number of aromatic amines is 1. The van der Waals surface area contributed by atoms with E-state index in [-0.39, 0.29) is 5.88 Å². The summed E-state index contributed by atoms with van der Waals surface area (Å²) in [4.78, 5) is 18.8. The fourth-order valence-corrected chi connectivity index (χ4v) is 3.93. The van der Waals surface area contributed by atoms with Crippen LogP contribution in [0.4, 0.5) is 11.8 Å². The maximum absolute atomic E-state index is 10.4. The van der Waals surface area contributed by atoms with Gasteiger partial charge in [0, 0.05) is 42.2 Å². The Bertz CT molecular complexity index is 1080. The van der Waals surface area contributed by atoms with Crippen LogP contribution in [0.25, 0.3) is 22.8 Å². The molecule has 1 aromatic carbocycles. The van der Waals surface area contributed by atoms with Gasteiger partial charge in [0.15, 0.2) is 5.82 Å². The van der Waals surface area contributed by atoms with Gasteiger partial charge in [-0.15, -0.1) is 0 Å². The molecule has 4 heterocycles. The first-order valence-electron chi connectivity index (χ1n) is 10.1. The summed E-state index contributed by atoms with van der Waals surface area (Å²) in [7, 11) is 0. The summed E-state index contributed by atoms with van der Waals surface area (Å²) in [6, 6.07) is 12.3. The van der Waals surface area contributed by atoms with Crippen LogP contribution in [0, 0.1) is 0 Å². The number of aromatic hydroxyl groups is 1. The molecule has 0 atom stereocenters. The van der Waals surface area contributed by atoms with Crippen molar-refractivity contribution in [2.75, 3.05) is 18.0 Å². The first-order valence-corrected chi connectivity index (χ1v) is 10.1. The third-order valence-corrected chi connectivity index (χ3v) is 5.52. The van der Waals surface area contributed by atoms with E-state index in [1.807, 2.05) is 30.5 Å². The normalized spacial score (nSPS) is 17.5. The molecule has 2 aliphatic heterocycles. The minimum atomic E-state index is 0.0192. The second-order valence-electron chi connectivity index (χ2n) is 7.52. The molecule has 0 spiro atoms. The number of anilines is 1. The van der Waals surface area contributed by atoms with Crippen molar-refractivity contribution in [1.29, 1.82) is 0 Å². The molecule has 2 aromatic heterocycles. The third-order valence-electron chi connectivity index (χ3n) is 5.52. The molecular formula is C23H23N5O. The lowest BCUT2D eigenvalue weighted by molar-refractivity contribution is 0.455. The topological polar surface area (TPSA) is 77.4 Å². The molecule has 5 rings (SSSR count). The van der Waals surface area contributed by atoms with Crippen molar-refractivity contribution in [1.82, 2.24) is 15.0 Å². The van der Waals surface area contributed by atoms with Crippen LogP contribution in [-0.2, 0) is 0 Å². The molecule has 2 aliphatic rings. The highest BCUT2D eigenvalue weighted by Gasteiger charge is 2.19. The van der Waals surface area contributed by atoms with Gasteiger partial charge in [0.1, 0.15) is 5.69 Å². The van der Waals surface area contributed by atoms with Gasteiger partial charge in [0.05, 0.1) is 0 Å². The van der Waals surface area contributed by atoms with Crippen LogP contribution in [0.3, 0.4) is 0 Å². The van der Waals surface area contributed by atoms with Gasteiger partial charge in [0.2, 0.25) is 11.8 Å². The Kier molecular flexibility index (Phi) is 4.60. The molecule has 0 bridgehead atoms. The van der Waals surface area contributed by atoms with E-state index in [9.17, 15) is 5.11 Å². The number of nitrogens with zero attached hydrogens (tertiary/aromatic N) is 4. The third kappa shape index (κ3) is 3.53. The van der Waals surface area contributed by atoms with Crippen molar-refractivity contribution < 1.29 is 5.11 Å². The Balaban J connectivity index is 1.47. The summed E-state index contributed by atoms with van der Waals surface area (Å²) < 4.78 is 0. The first-order chi connectivity index (χ1) is 14.3. The molecule has 6 nitrogen and oxygen atoms in total. The molecule has 0 saturated carbocycles. The standard InChI is InChI=1S/C23H23N5O/c29-22-20(26-23(27-22)28-10-6-1-2-7-11-28)13-18-15-25-21-19(18)12-17(14-24-21)16-8-4-3-5-9-16/h3-5,8-9,12-15,29H,1-2,6-7,10-11H2,(H,26,27)/b18-13-. The number of rotatable bonds is 3. The molecule has 146 valence electrons. The summed E-state index contributed by atoms with van der Waals surface area (Å²) in [5.74, 6) is 1.45. The molecule has 29 heavy (non-hydrogen) atoms. The van der Waals surface area contributed by atoms with Crippen LogP contribution >= 0.6 is 0 Å². The summed E-state index contributed by atoms with van der Waals surface area (Å²) >= 11 is 0. The second kappa shape index (κ2) is 7.54. The van der Waals surface area contributed by atoms with Crippen LogP contribution in [0.2, 0.25) is 0 Å². The number of pyridine rings is 1. The maximum Gasteiger partial charge on any atom is 0.238 e. The quantitative estimate of drug-likeness (QED) is 0.678. The number of hydrogen-bond donors (Lipinski definition) is 2. The predicted octanol–water partition coefficient (Wildman–Crippen LogP) is 4.81. The van der Waals surface area contributed by atoms with Gasteiger partial charge < -0.3 is 15.0 Å². The van der Waals surface area contributed by atoms with Crippen molar-refractivity contribution >= 4 is 29.6 Å². The van der Waals surface area contributed by atoms with Crippen molar-refractivity contribution in [3.63, 3.8) is 0 Å². The molecule has 0 amide bonds. The molecule has 2 N–H and O–H groups in total. The van der Waals surface area contributed by atoms with Crippen molar-refractivity contribution in [2.45, 2.75) is 25.7 Å². The maximum atomic E-state index is 10.4. The average Bonchev–Trinajstić information content (AvgIpc) is 3.20. The van der Waals surface area contributed by atoms with Crippen LogP contribution in [0.5, 0.6) is 5.88 Å². The second-order valence-corrected chi connectivity index (χ2v) is 7.52. The van der Waals surface area contributed by atoms with Crippen LogP contribution in [0.15, 0.2) is 47.6 Å². The SMILES string of the molecule is Oc1nc(N2CCCCCC2)[nH]c1/C=C1/C=Nc2ncc(-c3ccccc3)cc21. The van der Waals surface area contributed by atoms with E-state index in [2.05, 4.69) is 43.0 Å². The predicted molar refractivity (Wildman–Crippen MR) is 117 cm³/mol. The summed E-state index contributed by atoms with van der Waals surface area (Å²) in [6.45, 7) is 1.94. The monoisotopic (exact) mass is 385 g/mol. The molecule has 1 saturated heterocycles. The number of H-pyrrole nitrogens is 1. The summed E-state index contributed by atoms with van der Waals surface area (Å²) in [6.07, 6.45) is 10.4. The molecule has 0 aliphatic carbocycles. The fourth-order valence-electron chi connectivity index (χ4n) is 3.93. The Morgan fingerprint density at radius 1 is 1.00 bits per heavy atom. The lowest BCUT2D eigenvalue weighted by Crippen LogP contribution is -2.24. The van der Waals surface area contributed by atoms with Gasteiger partial charge in [-0.25, -0.2) is 9.98 Å². The average molecular weight is 385 g/mol. The molecule has 6 heteroatoms. The van der Waals surface area contributed by atoms with E-state index in [0.29, 0.717) is 11.5 Å². The molecule has 0 unspecified atom stereocenters. The van der Waals surface area contributed by atoms with Gasteiger partial charge in [-0.05, 0) is 30.5 Å². The summed E-state index contributed by atoms with van der Waals surface area (Å²) in [5.41, 5.74) is 4.62. The number of allylic oxidation sites excluding steroid dienone is 1. The molecule has 0 radical (unpaired) electrons. The number of aliphatic imine (C=N–C) groups is 1. The number of hydrogen-bond acceptors (Lipinski definition) is 5. The van der Waals surface area contributed by atoms with Crippen LogP contribution < -0.4 is 4.90 Å². The van der Waals surface area contributed by atoms with E-state index < -0.39 is 0 Å². The van der Waals surface area contributed by atoms with Crippen molar-refractivity contribution in [3.8, 4) is 17.0 Å². The van der Waals surface area contributed by atoms with Gasteiger partial charge in [0.25, 0.3) is 0 Å². The van der Waals surface area contributed by atoms with Gasteiger partial charge in [-0.2, -0.15) is 4.98 Å². The number of imidazole rings is 1. The fraction of sp³-hybridized carbons (Fsp3) is 0.261. The zero-order valence-corrected chi connectivity index (χ0v) is 16.2. The minimum Gasteiger partial charge on any atom is -0.492 e. The number of nitrogens with one attached hydrogen (secondary N) is 1. The summed E-state index contributed by atoms with van der Waals surface area (Å²) in [5, 5.41) is 10.4. The zero-order valence-electron chi connectivity index (χ0n) is 16.2. The smallest absolute Gasteiger partial charge is 0.238 e. The highest BCUT2D eigenvalue weighted by atomic mass is 16.3. The van der Waals surface area contributed by atoms with E-state index in [1.54, 1.807) is 6.21 Å².